The van der Waals surface area contributed by atoms with Gasteiger partial charge in [0.15, 0.2) is 0 Å². The van der Waals surface area contributed by atoms with Crippen LogP contribution in [0.2, 0.25) is 0 Å². The number of nitrogens with one attached hydrogen (secondary N) is 2. The Morgan fingerprint density at radius 2 is 1.74 bits per heavy atom. The average molecular weight is 414 g/mol. The van der Waals surface area contributed by atoms with E-state index < -0.39 is 17.1 Å². The van der Waals surface area contributed by atoms with Crippen molar-refractivity contribution in [3.63, 3.8) is 0 Å². The summed E-state index contributed by atoms with van der Waals surface area (Å²) in [6, 6.07) is 20.8. The Balaban J connectivity index is 1.84. The van der Waals surface area contributed by atoms with Crippen molar-refractivity contribution in [2.45, 2.75) is 20.3 Å². The Hall–Kier alpha value is -4.13. The molecule has 0 fully saturated rings. The van der Waals surface area contributed by atoms with E-state index in [-0.39, 0.29) is 5.56 Å². The fourth-order valence-corrected chi connectivity index (χ4v) is 3.59. The molecule has 0 atom stereocenters. The van der Waals surface area contributed by atoms with E-state index in [1.54, 1.807) is 12.1 Å². The predicted molar refractivity (Wildman–Crippen MR) is 123 cm³/mol. The van der Waals surface area contributed by atoms with Gasteiger partial charge in [-0.25, -0.2) is 9.36 Å². The van der Waals surface area contributed by atoms with Gasteiger partial charge in [-0.1, -0.05) is 61.5 Å². The highest BCUT2D eigenvalue weighted by molar-refractivity contribution is 6.03. The highest BCUT2D eigenvalue weighted by Crippen LogP contribution is 2.24. The molecule has 0 aliphatic carbocycles. The normalized spacial score (nSPS) is 11.6. The maximum absolute atomic E-state index is 12.6. The van der Waals surface area contributed by atoms with Crippen molar-refractivity contribution in [1.29, 1.82) is 0 Å². The Morgan fingerprint density at radius 3 is 2.52 bits per heavy atom. The molecule has 0 unspecified atom stereocenters. The summed E-state index contributed by atoms with van der Waals surface area (Å²) in [5.74, 6) is -0.441. The Bertz CT molecular complexity index is 1410. The van der Waals surface area contributed by atoms with Gasteiger partial charge in [-0.2, -0.15) is 5.10 Å². The molecule has 4 rings (SSSR count). The molecular weight excluding hydrogens is 392 g/mol. The zero-order chi connectivity index (χ0) is 22.0. The number of aromatic amines is 1. The SMILES string of the molecule is CC/C(=N\Nc1cccc2ccccc12)c1c(O)n(-c2ccccc2C)c(=O)[nH]c1=O. The Labute approximate surface area is 178 Å². The monoisotopic (exact) mass is 414 g/mol. The lowest BCUT2D eigenvalue weighted by atomic mass is 10.1. The van der Waals surface area contributed by atoms with Gasteiger partial charge in [0.1, 0.15) is 5.56 Å². The van der Waals surface area contributed by atoms with E-state index in [1.165, 1.54) is 0 Å². The molecular formula is C24H22N4O3. The molecule has 0 bridgehead atoms. The number of hydrogen-bond acceptors (Lipinski definition) is 5. The number of nitrogens with zero attached hydrogens (tertiary/aromatic N) is 2. The Morgan fingerprint density at radius 1 is 1.03 bits per heavy atom. The minimum Gasteiger partial charge on any atom is -0.493 e. The van der Waals surface area contributed by atoms with Crippen LogP contribution in [0.4, 0.5) is 5.69 Å². The summed E-state index contributed by atoms with van der Waals surface area (Å²) in [5, 5.41) is 17.4. The van der Waals surface area contributed by atoms with Crippen LogP contribution in [0.1, 0.15) is 24.5 Å². The summed E-state index contributed by atoms with van der Waals surface area (Å²) >= 11 is 0. The molecule has 3 aromatic carbocycles. The van der Waals surface area contributed by atoms with E-state index in [9.17, 15) is 14.7 Å². The van der Waals surface area contributed by atoms with E-state index in [0.29, 0.717) is 17.8 Å². The fourth-order valence-electron chi connectivity index (χ4n) is 3.59. The lowest BCUT2D eigenvalue weighted by molar-refractivity contribution is 0.429. The van der Waals surface area contributed by atoms with Crippen LogP contribution in [0.5, 0.6) is 5.88 Å². The van der Waals surface area contributed by atoms with Crippen LogP contribution in [0.25, 0.3) is 16.5 Å². The van der Waals surface area contributed by atoms with Gasteiger partial charge in [0.05, 0.1) is 17.1 Å². The molecule has 0 amide bonds. The van der Waals surface area contributed by atoms with Crippen LogP contribution in [-0.2, 0) is 0 Å². The summed E-state index contributed by atoms with van der Waals surface area (Å²) < 4.78 is 1.09. The molecule has 0 saturated carbocycles. The lowest BCUT2D eigenvalue weighted by Crippen LogP contribution is -2.33. The van der Waals surface area contributed by atoms with Crippen LogP contribution in [0, 0.1) is 6.92 Å². The third-order valence-corrected chi connectivity index (χ3v) is 5.17. The second-order valence-electron chi connectivity index (χ2n) is 7.13. The third-order valence-electron chi connectivity index (χ3n) is 5.17. The maximum Gasteiger partial charge on any atom is 0.335 e. The van der Waals surface area contributed by atoms with Crippen LogP contribution in [0.15, 0.2) is 81.4 Å². The fraction of sp³-hybridized carbons (Fsp3) is 0.125. The van der Waals surface area contributed by atoms with Crippen LogP contribution in [0.3, 0.4) is 0 Å². The summed E-state index contributed by atoms with van der Waals surface area (Å²) in [5.41, 5.74) is 3.94. The van der Waals surface area contributed by atoms with E-state index in [4.69, 9.17) is 0 Å². The van der Waals surface area contributed by atoms with E-state index >= 15 is 0 Å². The molecule has 0 aliphatic heterocycles. The zero-order valence-corrected chi connectivity index (χ0v) is 17.2. The minimum absolute atomic E-state index is 0.0434. The second-order valence-corrected chi connectivity index (χ2v) is 7.13. The first-order valence-electron chi connectivity index (χ1n) is 9.96. The second kappa shape index (κ2) is 8.31. The zero-order valence-electron chi connectivity index (χ0n) is 17.2. The number of aryl methyl sites for hydroxylation is 1. The van der Waals surface area contributed by atoms with Gasteiger partial charge in [0.25, 0.3) is 5.56 Å². The molecule has 1 heterocycles. The largest absolute Gasteiger partial charge is 0.493 e. The Kier molecular flexibility index (Phi) is 5.41. The number of hydrogen-bond donors (Lipinski definition) is 3. The molecule has 7 heteroatoms. The molecule has 0 spiro atoms. The number of aromatic nitrogens is 2. The van der Waals surface area contributed by atoms with Gasteiger partial charge in [-0.3, -0.25) is 15.2 Å². The first kappa shape index (κ1) is 20.2. The maximum atomic E-state index is 12.6. The van der Waals surface area contributed by atoms with E-state index in [2.05, 4.69) is 15.5 Å². The number of H-pyrrole nitrogens is 1. The summed E-state index contributed by atoms with van der Waals surface area (Å²) in [7, 11) is 0. The van der Waals surface area contributed by atoms with Gasteiger partial charge in [-0.15, -0.1) is 0 Å². The van der Waals surface area contributed by atoms with Crippen molar-refractivity contribution < 1.29 is 5.11 Å². The van der Waals surface area contributed by atoms with Gasteiger partial charge in [0, 0.05) is 5.39 Å². The van der Waals surface area contributed by atoms with Gasteiger partial charge in [0.2, 0.25) is 5.88 Å². The highest BCUT2D eigenvalue weighted by atomic mass is 16.3. The van der Waals surface area contributed by atoms with Gasteiger partial charge < -0.3 is 5.11 Å². The smallest absolute Gasteiger partial charge is 0.335 e. The molecule has 31 heavy (non-hydrogen) atoms. The number of rotatable bonds is 5. The topological polar surface area (TPSA) is 99.5 Å². The number of aromatic hydroxyl groups is 1. The molecule has 0 saturated heterocycles. The van der Waals surface area contributed by atoms with Gasteiger partial charge in [-0.05, 0) is 36.4 Å². The van der Waals surface area contributed by atoms with Crippen molar-refractivity contribution in [1.82, 2.24) is 9.55 Å². The standard InChI is InChI=1S/C24H22N4O3/c1-3-18(26-27-19-13-8-11-16-10-5-6-12-17(16)19)21-22(29)25-24(31)28(23(21)30)20-14-7-4-9-15(20)2/h4-14,27,30H,3H2,1-2H3,(H,25,29,31)/b26-18+. The van der Waals surface area contributed by atoms with Gasteiger partial charge >= 0.3 is 5.69 Å². The lowest BCUT2D eigenvalue weighted by Gasteiger charge is -2.14. The quantitative estimate of drug-likeness (QED) is 0.340. The van der Waals surface area contributed by atoms with E-state index in [0.717, 1.165) is 26.6 Å². The third kappa shape index (κ3) is 3.73. The molecule has 0 radical (unpaired) electrons. The van der Waals surface area contributed by atoms with Crippen LogP contribution in [-0.4, -0.2) is 20.4 Å². The molecule has 7 nitrogen and oxygen atoms in total. The number of anilines is 1. The van der Waals surface area contributed by atoms with Crippen LogP contribution < -0.4 is 16.7 Å². The molecule has 156 valence electrons. The van der Waals surface area contributed by atoms with E-state index in [1.807, 2.05) is 68.4 Å². The average Bonchev–Trinajstić information content (AvgIpc) is 2.77. The molecule has 1 aromatic heterocycles. The first-order valence-corrected chi connectivity index (χ1v) is 9.96. The van der Waals surface area contributed by atoms with Crippen molar-refractivity contribution in [2.24, 2.45) is 5.10 Å². The molecule has 0 aliphatic rings. The summed E-state index contributed by atoms with van der Waals surface area (Å²) in [6.07, 6.45) is 0.361. The van der Waals surface area contributed by atoms with Crippen molar-refractivity contribution in [3.05, 3.63) is 98.7 Å². The highest BCUT2D eigenvalue weighted by Gasteiger charge is 2.20. The molecule has 3 N–H and O–H groups in total. The van der Waals surface area contributed by atoms with Crippen molar-refractivity contribution in [3.8, 4) is 11.6 Å². The number of para-hydroxylation sites is 1. The van der Waals surface area contributed by atoms with Crippen molar-refractivity contribution in [2.75, 3.05) is 5.43 Å². The van der Waals surface area contributed by atoms with Crippen molar-refractivity contribution >= 4 is 22.2 Å². The molecule has 4 aromatic rings. The summed E-state index contributed by atoms with van der Waals surface area (Å²) in [4.78, 5) is 27.4. The predicted octanol–water partition coefficient (Wildman–Crippen LogP) is 3.92. The summed E-state index contributed by atoms with van der Waals surface area (Å²) in [6.45, 7) is 3.65. The first-order chi connectivity index (χ1) is 15.0. The van der Waals surface area contributed by atoms with Crippen LogP contribution >= 0.6 is 0 Å². The minimum atomic E-state index is -0.710. The number of benzene rings is 3. The number of hydrazone groups is 1. The number of fused-ring (bicyclic) bond motifs is 1.